The van der Waals surface area contributed by atoms with Gasteiger partial charge in [-0.2, -0.15) is 0 Å². The van der Waals surface area contributed by atoms with Crippen molar-refractivity contribution in [2.75, 3.05) is 25.5 Å². The second-order valence-corrected chi connectivity index (χ2v) is 7.05. The molecule has 4 amide bonds. The van der Waals surface area contributed by atoms with Gasteiger partial charge in [0, 0.05) is 43.9 Å². The van der Waals surface area contributed by atoms with Gasteiger partial charge < -0.3 is 20.9 Å². The number of benzene rings is 2. The van der Waals surface area contributed by atoms with Crippen LogP contribution < -0.4 is 16.0 Å². The highest BCUT2D eigenvalue weighted by Crippen LogP contribution is 2.19. The molecule has 0 atom stereocenters. The lowest BCUT2D eigenvalue weighted by Crippen LogP contribution is -2.45. The third-order valence-electron chi connectivity index (χ3n) is 5.08. The number of rotatable bonds is 5. The van der Waals surface area contributed by atoms with Gasteiger partial charge in [-0.15, -0.1) is 0 Å². The van der Waals surface area contributed by atoms with E-state index in [2.05, 4.69) is 16.0 Å². The second kappa shape index (κ2) is 9.73. The van der Waals surface area contributed by atoms with E-state index in [9.17, 15) is 14.4 Å². The Morgan fingerprint density at radius 2 is 1.62 bits per heavy atom. The summed E-state index contributed by atoms with van der Waals surface area (Å²) in [5.41, 5.74) is 2.29. The monoisotopic (exact) mass is 394 g/mol. The fourth-order valence-electron chi connectivity index (χ4n) is 3.32. The number of piperidine rings is 1. The fourth-order valence-corrected chi connectivity index (χ4v) is 3.32. The van der Waals surface area contributed by atoms with E-state index in [4.69, 9.17) is 0 Å². The van der Waals surface area contributed by atoms with Gasteiger partial charge in [-0.1, -0.05) is 30.3 Å². The lowest BCUT2D eigenvalue weighted by atomic mass is 9.96. The van der Waals surface area contributed by atoms with Crippen molar-refractivity contribution in [3.8, 4) is 0 Å². The molecule has 2 aromatic rings. The van der Waals surface area contributed by atoms with E-state index in [0.29, 0.717) is 38.0 Å². The van der Waals surface area contributed by atoms with Gasteiger partial charge in [0.05, 0.1) is 0 Å². The van der Waals surface area contributed by atoms with Crippen molar-refractivity contribution >= 4 is 23.5 Å². The van der Waals surface area contributed by atoms with Crippen LogP contribution in [0.1, 0.15) is 28.8 Å². The van der Waals surface area contributed by atoms with E-state index in [0.717, 1.165) is 11.3 Å². The fraction of sp³-hybridized carbons (Fsp3) is 0.318. The topological polar surface area (TPSA) is 90.5 Å². The maximum absolute atomic E-state index is 12.4. The number of hydrogen-bond acceptors (Lipinski definition) is 3. The molecule has 3 rings (SSSR count). The summed E-state index contributed by atoms with van der Waals surface area (Å²) in [6, 6.07) is 16.4. The minimum atomic E-state index is -0.139. The molecule has 2 aromatic carbocycles. The SMILES string of the molecule is CNC(=O)c1ccc(CNC(=O)N2CCC(C(=O)Nc3ccccc3)CC2)cc1. The number of amides is 4. The predicted octanol–water partition coefficient (Wildman–Crippen LogP) is 2.61. The van der Waals surface area contributed by atoms with Crippen molar-refractivity contribution in [2.24, 2.45) is 5.92 Å². The molecule has 152 valence electrons. The summed E-state index contributed by atoms with van der Waals surface area (Å²) < 4.78 is 0. The largest absolute Gasteiger partial charge is 0.355 e. The average molecular weight is 394 g/mol. The Kier molecular flexibility index (Phi) is 6.84. The molecule has 0 aliphatic carbocycles. The third-order valence-corrected chi connectivity index (χ3v) is 5.08. The number of urea groups is 1. The number of anilines is 1. The molecule has 3 N–H and O–H groups in total. The molecule has 0 aromatic heterocycles. The summed E-state index contributed by atoms with van der Waals surface area (Å²) in [6.07, 6.45) is 1.29. The number of hydrogen-bond donors (Lipinski definition) is 3. The van der Waals surface area contributed by atoms with Crippen molar-refractivity contribution in [3.05, 3.63) is 65.7 Å². The number of likely N-dealkylation sites (tertiary alicyclic amines) is 1. The first-order valence-corrected chi connectivity index (χ1v) is 9.76. The lowest BCUT2D eigenvalue weighted by Gasteiger charge is -2.31. The summed E-state index contributed by atoms with van der Waals surface area (Å²) in [4.78, 5) is 38.1. The van der Waals surface area contributed by atoms with E-state index in [1.165, 1.54) is 0 Å². The highest BCUT2D eigenvalue weighted by Gasteiger charge is 2.27. The highest BCUT2D eigenvalue weighted by molar-refractivity contribution is 5.94. The zero-order chi connectivity index (χ0) is 20.6. The van der Waals surface area contributed by atoms with Gasteiger partial charge in [-0.05, 0) is 42.7 Å². The number of para-hydroxylation sites is 1. The van der Waals surface area contributed by atoms with Crippen LogP contribution in [0.4, 0.5) is 10.5 Å². The van der Waals surface area contributed by atoms with Gasteiger partial charge in [0.1, 0.15) is 0 Å². The zero-order valence-corrected chi connectivity index (χ0v) is 16.5. The summed E-state index contributed by atoms with van der Waals surface area (Å²) in [6.45, 7) is 1.49. The van der Waals surface area contributed by atoms with E-state index >= 15 is 0 Å². The van der Waals surface area contributed by atoms with Crippen molar-refractivity contribution in [3.63, 3.8) is 0 Å². The minimum absolute atomic E-state index is 0.00691. The van der Waals surface area contributed by atoms with Gasteiger partial charge in [0.25, 0.3) is 5.91 Å². The van der Waals surface area contributed by atoms with Crippen LogP contribution in [0.3, 0.4) is 0 Å². The van der Waals surface area contributed by atoms with Gasteiger partial charge >= 0.3 is 6.03 Å². The van der Waals surface area contributed by atoms with Crippen LogP contribution in [-0.2, 0) is 11.3 Å². The maximum Gasteiger partial charge on any atom is 0.317 e. The van der Waals surface area contributed by atoms with Crippen LogP contribution in [0.25, 0.3) is 0 Å². The molecule has 1 aliphatic rings. The average Bonchev–Trinajstić information content (AvgIpc) is 2.78. The normalized spacial score (nSPS) is 14.2. The maximum atomic E-state index is 12.4. The van der Waals surface area contributed by atoms with E-state index in [-0.39, 0.29) is 23.8 Å². The lowest BCUT2D eigenvalue weighted by molar-refractivity contribution is -0.121. The Balaban J connectivity index is 1.43. The molecule has 29 heavy (non-hydrogen) atoms. The third kappa shape index (κ3) is 5.57. The molecule has 1 aliphatic heterocycles. The summed E-state index contributed by atoms with van der Waals surface area (Å²) >= 11 is 0. The molecular weight excluding hydrogens is 368 g/mol. The van der Waals surface area contributed by atoms with E-state index in [1.54, 1.807) is 24.1 Å². The smallest absolute Gasteiger partial charge is 0.317 e. The van der Waals surface area contributed by atoms with Crippen LogP contribution in [0, 0.1) is 5.92 Å². The molecule has 7 heteroatoms. The number of nitrogens with zero attached hydrogens (tertiary/aromatic N) is 1. The van der Waals surface area contributed by atoms with Gasteiger partial charge in [0.15, 0.2) is 0 Å². The molecule has 1 fully saturated rings. The zero-order valence-electron chi connectivity index (χ0n) is 16.5. The predicted molar refractivity (Wildman–Crippen MR) is 111 cm³/mol. The highest BCUT2D eigenvalue weighted by atomic mass is 16.2. The van der Waals surface area contributed by atoms with Crippen molar-refractivity contribution in [1.29, 1.82) is 0 Å². The minimum Gasteiger partial charge on any atom is -0.355 e. The van der Waals surface area contributed by atoms with Crippen molar-refractivity contribution in [1.82, 2.24) is 15.5 Å². The molecule has 1 heterocycles. The van der Waals surface area contributed by atoms with Crippen LogP contribution in [-0.4, -0.2) is 42.9 Å². The molecule has 0 saturated carbocycles. The Bertz CT molecular complexity index is 844. The van der Waals surface area contributed by atoms with Gasteiger partial charge in [0.2, 0.25) is 5.91 Å². The van der Waals surface area contributed by atoms with Crippen molar-refractivity contribution in [2.45, 2.75) is 19.4 Å². The molecule has 0 radical (unpaired) electrons. The molecule has 0 bridgehead atoms. The van der Waals surface area contributed by atoms with Crippen LogP contribution >= 0.6 is 0 Å². The standard InChI is InChI=1S/C22H26N4O3/c1-23-20(27)17-9-7-16(8-10-17)15-24-22(29)26-13-11-18(12-14-26)21(28)25-19-5-3-2-4-6-19/h2-10,18H,11-15H2,1H3,(H,23,27)(H,24,29)(H,25,28). The number of nitrogens with one attached hydrogen (secondary N) is 3. The first-order chi connectivity index (χ1) is 14.1. The first kappa shape index (κ1) is 20.4. The molecule has 1 saturated heterocycles. The Morgan fingerprint density at radius 3 is 2.24 bits per heavy atom. The molecular formula is C22H26N4O3. The van der Waals surface area contributed by atoms with Gasteiger partial charge in [-0.25, -0.2) is 4.79 Å². The van der Waals surface area contributed by atoms with E-state index in [1.807, 2.05) is 42.5 Å². The van der Waals surface area contributed by atoms with Crippen LogP contribution in [0.5, 0.6) is 0 Å². The quantitative estimate of drug-likeness (QED) is 0.728. The van der Waals surface area contributed by atoms with Crippen LogP contribution in [0.2, 0.25) is 0 Å². The Hall–Kier alpha value is -3.35. The number of carbonyl (C=O) groups excluding carboxylic acids is 3. The molecule has 0 spiro atoms. The first-order valence-electron chi connectivity index (χ1n) is 9.76. The Labute approximate surface area is 170 Å². The van der Waals surface area contributed by atoms with E-state index < -0.39 is 0 Å². The summed E-state index contributed by atoms with van der Waals surface area (Å²) in [7, 11) is 1.59. The molecule has 7 nitrogen and oxygen atoms in total. The summed E-state index contributed by atoms with van der Waals surface area (Å²) in [5, 5.41) is 8.41. The van der Waals surface area contributed by atoms with Crippen molar-refractivity contribution < 1.29 is 14.4 Å². The number of carbonyl (C=O) groups is 3. The second-order valence-electron chi connectivity index (χ2n) is 7.05. The summed E-state index contributed by atoms with van der Waals surface area (Å²) in [5.74, 6) is -0.219. The van der Waals surface area contributed by atoms with Gasteiger partial charge in [-0.3, -0.25) is 9.59 Å². The van der Waals surface area contributed by atoms with Crippen LogP contribution in [0.15, 0.2) is 54.6 Å². The Morgan fingerprint density at radius 1 is 0.966 bits per heavy atom. The molecule has 0 unspecified atom stereocenters.